The van der Waals surface area contributed by atoms with E-state index in [1.165, 1.54) is 18.3 Å². The van der Waals surface area contributed by atoms with Crippen LogP contribution in [0.15, 0.2) is 18.5 Å². The lowest BCUT2D eigenvalue weighted by atomic mass is 9.85. The number of alkyl carbamates (subject to hydrolysis) is 1. The number of nitrogens with one attached hydrogen (secondary N) is 3. The number of fused-ring (bicyclic) bond motifs is 1. The van der Waals surface area contributed by atoms with Gasteiger partial charge >= 0.3 is 16.4 Å². The monoisotopic (exact) mass is 780 g/mol. The molecule has 2 aromatic rings. The van der Waals surface area contributed by atoms with Crippen molar-refractivity contribution in [3.05, 3.63) is 23.5 Å². The van der Waals surface area contributed by atoms with Crippen LogP contribution in [0.25, 0.3) is 10.9 Å². The molecule has 5 atom stereocenters. The van der Waals surface area contributed by atoms with Crippen LogP contribution < -0.4 is 24.8 Å². The number of nitrogens with zero attached hydrogens (tertiary/aromatic N) is 3. The smallest absolute Gasteiger partial charge is 0.408 e. The van der Waals surface area contributed by atoms with Gasteiger partial charge in [0.25, 0.3) is 5.91 Å². The normalized spacial score (nSPS) is 24.2. The summed E-state index contributed by atoms with van der Waals surface area (Å²) in [4.78, 5) is 65.2. The molecule has 53 heavy (non-hydrogen) atoms. The number of hydrogen-bond acceptors (Lipinski definition) is 12. The molecule has 18 heteroatoms. The molecule has 2 heterocycles. The molecule has 3 N–H and O–H groups in total. The largest absolute Gasteiger partial charge is 0.495 e. The van der Waals surface area contributed by atoms with E-state index in [4.69, 9.17) is 30.0 Å². The molecular formula is C35H49ClN6O10S. The molecule has 16 nitrogen and oxygen atoms in total. The van der Waals surface area contributed by atoms with Crippen LogP contribution in [0.4, 0.5) is 4.79 Å². The molecule has 3 fully saturated rings. The van der Waals surface area contributed by atoms with Crippen LogP contribution in [-0.2, 0) is 33.6 Å². The maximum absolute atomic E-state index is 14.5. The standard InChI is InChI=1S/C35H49ClN6O10S/c1-10-19-16-35(19,30(45)41-53(47,48)52-34(8)13-14-34)40-27(43)22-15-20(50-28-21-11-12-23(49-9)24(36)25(21)37-18-38-28)17-42(22)29(44)26(32(2,3)4)39-31(46)51-33(5,6)7/h11-12,18-20,22,26H,10,13-17H2,1-9H3,(H,39,46)(H,40,43)(H,41,45)/t19-,20-,22+,26-,35-/m1/s1. The fourth-order valence-corrected chi connectivity index (χ4v) is 7.88. The van der Waals surface area contributed by atoms with Crippen LogP contribution in [-0.4, -0.2) is 95.7 Å². The average Bonchev–Trinajstić information content (AvgIpc) is 3.90. The highest BCUT2D eigenvalue weighted by Gasteiger charge is 2.62. The molecule has 2 saturated carbocycles. The minimum Gasteiger partial charge on any atom is -0.495 e. The van der Waals surface area contributed by atoms with Crippen LogP contribution in [0.1, 0.15) is 87.5 Å². The Hall–Kier alpha value is -3.96. The van der Waals surface area contributed by atoms with Crippen LogP contribution in [0.3, 0.4) is 0 Å². The minimum atomic E-state index is -4.47. The summed E-state index contributed by atoms with van der Waals surface area (Å²) in [6.07, 6.45) is 1.32. The van der Waals surface area contributed by atoms with Gasteiger partial charge in [0.15, 0.2) is 0 Å². The molecule has 1 aliphatic heterocycles. The minimum absolute atomic E-state index is 0.0372. The Kier molecular flexibility index (Phi) is 10.9. The third kappa shape index (κ3) is 9.06. The van der Waals surface area contributed by atoms with Gasteiger partial charge in [-0.05, 0) is 70.4 Å². The Morgan fingerprint density at radius 2 is 1.77 bits per heavy atom. The molecule has 292 valence electrons. The zero-order valence-corrected chi connectivity index (χ0v) is 33.1. The average molecular weight is 781 g/mol. The van der Waals surface area contributed by atoms with Crippen LogP contribution >= 0.6 is 11.6 Å². The fourth-order valence-electron chi connectivity index (χ4n) is 6.44. The number of ether oxygens (including phenoxy) is 3. The highest BCUT2D eigenvalue weighted by molar-refractivity contribution is 7.85. The lowest BCUT2D eigenvalue weighted by Gasteiger charge is -2.36. The second-order valence-electron chi connectivity index (χ2n) is 16.3. The molecule has 5 rings (SSSR count). The quantitative estimate of drug-likeness (QED) is 0.282. The van der Waals surface area contributed by atoms with E-state index in [9.17, 15) is 27.6 Å². The van der Waals surface area contributed by atoms with Gasteiger partial charge in [-0.15, -0.1) is 0 Å². The van der Waals surface area contributed by atoms with Crippen molar-refractivity contribution < 1.29 is 46.0 Å². The summed E-state index contributed by atoms with van der Waals surface area (Å²) in [6, 6.07) is 0.971. The molecule has 1 aromatic carbocycles. The van der Waals surface area contributed by atoms with E-state index in [0.717, 1.165) is 0 Å². The predicted molar refractivity (Wildman–Crippen MR) is 193 cm³/mol. The molecule has 2 aliphatic carbocycles. The third-order valence-electron chi connectivity index (χ3n) is 9.63. The van der Waals surface area contributed by atoms with E-state index < -0.39 is 74.5 Å². The van der Waals surface area contributed by atoms with Gasteiger partial charge in [0.2, 0.25) is 17.7 Å². The van der Waals surface area contributed by atoms with Crippen LogP contribution in [0, 0.1) is 11.3 Å². The molecule has 0 radical (unpaired) electrons. The Labute approximate surface area is 314 Å². The summed E-state index contributed by atoms with van der Waals surface area (Å²) in [6.45, 7) is 13.7. The Balaban J connectivity index is 1.45. The lowest BCUT2D eigenvalue weighted by molar-refractivity contribution is -0.143. The first-order chi connectivity index (χ1) is 24.5. The number of carbonyl (C=O) groups is 4. The van der Waals surface area contributed by atoms with Gasteiger partial charge in [-0.1, -0.05) is 45.7 Å². The molecule has 4 amide bonds. The van der Waals surface area contributed by atoms with Crippen molar-refractivity contribution >= 4 is 56.6 Å². The highest BCUT2D eigenvalue weighted by Crippen LogP contribution is 2.47. The molecule has 0 unspecified atom stereocenters. The molecular weight excluding hydrogens is 732 g/mol. The second-order valence-corrected chi connectivity index (χ2v) is 17.9. The number of amides is 4. The third-order valence-corrected chi connectivity index (χ3v) is 11.0. The molecule has 0 spiro atoms. The topological polar surface area (TPSA) is 204 Å². The van der Waals surface area contributed by atoms with E-state index >= 15 is 0 Å². The predicted octanol–water partition coefficient (Wildman–Crippen LogP) is 3.79. The van der Waals surface area contributed by atoms with Crippen molar-refractivity contribution in [2.45, 2.75) is 122 Å². The first-order valence-corrected chi connectivity index (χ1v) is 19.3. The first kappa shape index (κ1) is 40.2. The number of hydrogen-bond donors (Lipinski definition) is 3. The summed E-state index contributed by atoms with van der Waals surface area (Å²) in [5.41, 5.74) is -3.75. The molecule has 0 bridgehead atoms. The van der Waals surface area contributed by atoms with E-state index in [1.54, 1.807) is 60.6 Å². The van der Waals surface area contributed by atoms with Crippen molar-refractivity contribution in [3.8, 4) is 11.6 Å². The van der Waals surface area contributed by atoms with Crippen molar-refractivity contribution in [1.29, 1.82) is 0 Å². The molecule has 1 saturated heterocycles. The van der Waals surface area contributed by atoms with Crippen molar-refractivity contribution in [2.75, 3.05) is 13.7 Å². The number of halogens is 1. The van der Waals surface area contributed by atoms with Gasteiger partial charge in [0, 0.05) is 6.42 Å². The van der Waals surface area contributed by atoms with Crippen LogP contribution in [0.2, 0.25) is 5.02 Å². The number of carbonyl (C=O) groups excluding carboxylic acids is 4. The zero-order chi connectivity index (χ0) is 39.3. The number of aromatic nitrogens is 2. The van der Waals surface area contributed by atoms with E-state index in [-0.39, 0.29) is 36.2 Å². The van der Waals surface area contributed by atoms with Gasteiger partial charge in [-0.3, -0.25) is 14.4 Å². The summed E-state index contributed by atoms with van der Waals surface area (Å²) < 4.78 is 49.8. The number of methoxy groups -OCH3 is 1. The number of likely N-dealkylation sites (tertiary alicyclic amines) is 1. The van der Waals surface area contributed by atoms with Crippen molar-refractivity contribution in [2.24, 2.45) is 11.3 Å². The fraction of sp³-hybridized carbons (Fsp3) is 0.657. The van der Waals surface area contributed by atoms with E-state index in [0.29, 0.717) is 35.9 Å². The molecule has 1 aromatic heterocycles. The van der Waals surface area contributed by atoms with Gasteiger partial charge in [-0.2, -0.15) is 8.42 Å². The Morgan fingerprint density at radius 1 is 1.09 bits per heavy atom. The Bertz CT molecular complexity index is 1890. The van der Waals surface area contributed by atoms with E-state index in [1.807, 2.05) is 11.6 Å². The number of benzene rings is 1. The molecule has 3 aliphatic rings. The first-order valence-electron chi connectivity index (χ1n) is 17.5. The van der Waals surface area contributed by atoms with E-state index in [2.05, 4.69) is 20.6 Å². The summed E-state index contributed by atoms with van der Waals surface area (Å²) in [7, 11) is -2.99. The van der Waals surface area contributed by atoms with Gasteiger partial charge < -0.3 is 29.7 Å². The van der Waals surface area contributed by atoms with Gasteiger partial charge in [0.1, 0.15) is 46.4 Å². The summed E-state index contributed by atoms with van der Waals surface area (Å²) in [5, 5.41) is 6.18. The van der Waals surface area contributed by atoms with Crippen molar-refractivity contribution in [3.63, 3.8) is 0 Å². The van der Waals surface area contributed by atoms with Gasteiger partial charge in [0.05, 0.1) is 30.2 Å². The zero-order valence-electron chi connectivity index (χ0n) is 31.5. The summed E-state index contributed by atoms with van der Waals surface area (Å²) >= 11 is 6.51. The SMILES string of the molecule is CC[C@@H]1C[C@]1(NC(=O)[C@@H]1C[C@@H](Oc2ncnc3c(Cl)c(OC)ccc23)CN1C(=O)[C@@H](NC(=O)OC(C)(C)C)C(C)(C)C)C(=O)NS(=O)(=O)OC1(C)CC1. The summed E-state index contributed by atoms with van der Waals surface area (Å²) in [5.74, 6) is -2.05. The number of rotatable bonds is 12. The van der Waals surface area contributed by atoms with Gasteiger partial charge in [-0.25, -0.2) is 23.7 Å². The Morgan fingerprint density at radius 3 is 2.34 bits per heavy atom. The van der Waals surface area contributed by atoms with Crippen molar-refractivity contribution in [1.82, 2.24) is 30.2 Å². The highest BCUT2D eigenvalue weighted by atomic mass is 35.5. The van der Waals surface area contributed by atoms with Crippen LogP contribution in [0.5, 0.6) is 11.6 Å². The lowest BCUT2D eigenvalue weighted by Crippen LogP contribution is -2.60. The maximum Gasteiger partial charge on any atom is 0.408 e. The second kappa shape index (κ2) is 14.4. The maximum atomic E-state index is 14.5.